The van der Waals surface area contributed by atoms with Crippen molar-refractivity contribution in [2.24, 2.45) is 0 Å². The minimum absolute atomic E-state index is 0.0763. The first-order valence-corrected chi connectivity index (χ1v) is 14.9. The smallest absolute Gasteiger partial charge is 0.315 e. The first kappa shape index (κ1) is 27.5. The fourth-order valence-electron chi connectivity index (χ4n) is 3.29. The van der Waals surface area contributed by atoms with E-state index in [9.17, 15) is 4.79 Å². The molecule has 0 N–H and O–H groups in total. The van der Waals surface area contributed by atoms with E-state index < -0.39 is 0 Å². The van der Waals surface area contributed by atoms with Crippen molar-refractivity contribution in [3.8, 4) is 11.5 Å². The number of thioether (sulfide) groups is 2. The molecule has 190 valence electrons. The van der Waals surface area contributed by atoms with Crippen LogP contribution in [0.2, 0.25) is 0 Å². The van der Waals surface area contributed by atoms with Crippen LogP contribution in [0.4, 0.5) is 0 Å². The highest BCUT2D eigenvalue weighted by Gasteiger charge is 2.22. The van der Waals surface area contributed by atoms with Gasteiger partial charge >= 0.3 is 5.97 Å². The molecule has 1 heterocycles. The van der Waals surface area contributed by atoms with E-state index in [0.717, 1.165) is 78.8 Å². The first-order valence-electron chi connectivity index (χ1n) is 12.7. The van der Waals surface area contributed by atoms with Gasteiger partial charge in [0.15, 0.2) is 0 Å². The van der Waals surface area contributed by atoms with E-state index in [1.54, 1.807) is 11.8 Å². The summed E-state index contributed by atoms with van der Waals surface area (Å²) in [5, 5.41) is 0.773. The van der Waals surface area contributed by atoms with Crippen LogP contribution in [-0.2, 0) is 9.53 Å². The number of unbranched alkanes of at least 4 members (excludes halogenated alkanes) is 4. The third-order valence-corrected chi connectivity index (χ3v) is 7.75. The molecule has 0 radical (unpaired) electrons. The normalized spacial score (nSPS) is 14.7. The van der Waals surface area contributed by atoms with E-state index in [1.807, 2.05) is 36.0 Å². The monoisotopic (exact) mass is 514 g/mol. The Morgan fingerprint density at radius 1 is 0.857 bits per heavy atom. The summed E-state index contributed by atoms with van der Waals surface area (Å²) in [6.45, 7) is 4.18. The molecule has 2 aromatic carbocycles. The van der Waals surface area contributed by atoms with Gasteiger partial charge in [-0.1, -0.05) is 49.8 Å². The van der Waals surface area contributed by atoms with Crippen molar-refractivity contribution in [1.29, 1.82) is 0 Å². The Hall–Kier alpha value is -2.05. The summed E-state index contributed by atoms with van der Waals surface area (Å²) >= 11 is 3.65. The first-order chi connectivity index (χ1) is 17.2. The van der Waals surface area contributed by atoms with E-state index in [-0.39, 0.29) is 5.97 Å². The van der Waals surface area contributed by atoms with Gasteiger partial charge < -0.3 is 14.2 Å². The Labute approximate surface area is 219 Å². The quantitative estimate of drug-likeness (QED) is 0.0896. The van der Waals surface area contributed by atoms with E-state index in [1.165, 1.54) is 5.75 Å². The summed E-state index contributed by atoms with van der Waals surface area (Å²) in [4.78, 5) is 11.6. The van der Waals surface area contributed by atoms with Gasteiger partial charge in [-0.25, -0.2) is 0 Å². The molecule has 1 atom stereocenters. The number of benzene rings is 2. The van der Waals surface area contributed by atoms with Gasteiger partial charge in [0.1, 0.15) is 11.5 Å². The Bertz CT molecular complexity index is 877. The summed E-state index contributed by atoms with van der Waals surface area (Å²) in [6.07, 6.45) is 10.5. The van der Waals surface area contributed by atoms with Gasteiger partial charge in [-0.05, 0) is 67.5 Å². The zero-order chi connectivity index (χ0) is 24.6. The van der Waals surface area contributed by atoms with Gasteiger partial charge in [-0.2, -0.15) is 11.8 Å². The third-order valence-electron chi connectivity index (χ3n) is 5.49. The van der Waals surface area contributed by atoms with Crippen molar-refractivity contribution >= 4 is 41.6 Å². The predicted molar refractivity (Wildman–Crippen MR) is 151 cm³/mol. The van der Waals surface area contributed by atoms with Crippen LogP contribution in [0.1, 0.15) is 56.6 Å². The summed E-state index contributed by atoms with van der Waals surface area (Å²) < 4.78 is 16.9. The average Bonchev–Trinajstić information content (AvgIpc) is 3.70. The van der Waals surface area contributed by atoms with Crippen LogP contribution < -0.4 is 9.47 Å². The summed E-state index contributed by atoms with van der Waals surface area (Å²) in [7, 11) is 0. The van der Waals surface area contributed by atoms with Crippen LogP contribution in [-0.4, -0.2) is 48.3 Å². The lowest BCUT2D eigenvalue weighted by Gasteiger charge is -2.07. The molecule has 1 fully saturated rings. The third kappa shape index (κ3) is 12.5. The topological polar surface area (TPSA) is 44.8 Å². The molecular formula is C29H38O4S2. The Morgan fingerprint density at radius 3 is 1.94 bits per heavy atom. The molecule has 3 rings (SSSR count). The SMILES string of the molecule is CCCCOc1ccc(/C=C/c2ccc(OCCCCCCOC(=O)CSCC3CS3)cc2)cc1. The van der Waals surface area contributed by atoms with Gasteiger partial charge in [0.05, 0.1) is 25.6 Å². The Kier molecular flexibility index (Phi) is 13.1. The van der Waals surface area contributed by atoms with Crippen molar-refractivity contribution in [2.75, 3.05) is 37.1 Å². The molecule has 0 saturated carbocycles. The van der Waals surface area contributed by atoms with Crippen LogP contribution in [0.5, 0.6) is 11.5 Å². The zero-order valence-corrected chi connectivity index (χ0v) is 22.4. The van der Waals surface area contributed by atoms with Crippen LogP contribution in [0.25, 0.3) is 12.2 Å². The minimum Gasteiger partial charge on any atom is -0.494 e. The van der Waals surface area contributed by atoms with E-state index in [4.69, 9.17) is 14.2 Å². The molecule has 1 aliphatic heterocycles. The summed E-state index contributed by atoms with van der Waals surface area (Å²) in [5.74, 6) is 4.55. The number of hydrogen-bond acceptors (Lipinski definition) is 6. The van der Waals surface area contributed by atoms with Crippen LogP contribution in [0.3, 0.4) is 0 Å². The Balaban J connectivity index is 1.21. The van der Waals surface area contributed by atoms with Crippen molar-refractivity contribution in [3.05, 3.63) is 59.7 Å². The van der Waals surface area contributed by atoms with Gasteiger partial charge in [0.2, 0.25) is 0 Å². The molecule has 35 heavy (non-hydrogen) atoms. The number of carbonyl (C=O) groups is 1. The molecule has 6 heteroatoms. The molecule has 0 aliphatic carbocycles. The van der Waals surface area contributed by atoms with E-state index in [0.29, 0.717) is 19.0 Å². The molecule has 1 unspecified atom stereocenters. The Morgan fingerprint density at radius 2 is 1.40 bits per heavy atom. The lowest BCUT2D eigenvalue weighted by molar-refractivity contribution is -0.140. The van der Waals surface area contributed by atoms with Gasteiger partial charge in [-0.15, -0.1) is 11.8 Å². The van der Waals surface area contributed by atoms with Crippen molar-refractivity contribution < 1.29 is 19.0 Å². The zero-order valence-electron chi connectivity index (χ0n) is 20.8. The number of hydrogen-bond donors (Lipinski definition) is 0. The second kappa shape index (κ2) is 16.6. The van der Waals surface area contributed by atoms with Crippen molar-refractivity contribution in [1.82, 2.24) is 0 Å². The highest BCUT2D eigenvalue weighted by atomic mass is 32.2. The second-order valence-corrected chi connectivity index (χ2v) is 11.0. The second-order valence-electron chi connectivity index (χ2n) is 8.63. The summed E-state index contributed by atoms with van der Waals surface area (Å²) in [6, 6.07) is 16.4. The van der Waals surface area contributed by atoms with Crippen molar-refractivity contribution in [2.45, 2.75) is 50.7 Å². The molecule has 4 nitrogen and oxygen atoms in total. The van der Waals surface area contributed by atoms with Crippen molar-refractivity contribution in [3.63, 3.8) is 0 Å². The van der Waals surface area contributed by atoms with Crippen LogP contribution in [0, 0.1) is 0 Å². The lowest BCUT2D eigenvalue weighted by Crippen LogP contribution is -2.09. The number of esters is 1. The molecule has 1 saturated heterocycles. The molecule has 1 aliphatic rings. The largest absolute Gasteiger partial charge is 0.494 e. The fraction of sp³-hybridized carbons (Fsp3) is 0.483. The van der Waals surface area contributed by atoms with Crippen LogP contribution >= 0.6 is 23.5 Å². The average molecular weight is 515 g/mol. The molecular weight excluding hydrogens is 476 g/mol. The molecule has 2 aromatic rings. The standard InChI is InChI=1S/C29H38O4S2/c1-2-3-18-31-26-14-10-24(11-15-26)8-9-25-12-16-27(17-13-25)32-19-6-4-5-7-20-33-29(30)23-34-21-28-22-35-28/h8-17,28H,2-7,18-23H2,1H3/b9-8+. The maximum atomic E-state index is 11.6. The maximum absolute atomic E-state index is 11.6. The predicted octanol–water partition coefficient (Wildman–Crippen LogP) is 7.37. The summed E-state index contributed by atoms with van der Waals surface area (Å²) in [5.41, 5.74) is 2.29. The van der Waals surface area contributed by atoms with Crippen LogP contribution in [0.15, 0.2) is 48.5 Å². The highest BCUT2D eigenvalue weighted by Crippen LogP contribution is 2.32. The fourth-order valence-corrected chi connectivity index (χ4v) is 5.12. The molecule has 0 amide bonds. The molecule has 0 spiro atoms. The molecule has 0 bridgehead atoms. The number of ether oxygens (including phenoxy) is 3. The van der Waals surface area contributed by atoms with Gasteiger partial charge in [-0.3, -0.25) is 4.79 Å². The lowest BCUT2D eigenvalue weighted by atomic mass is 10.1. The highest BCUT2D eigenvalue weighted by molar-refractivity contribution is 8.08. The number of carbonyl (C=O) groups excluding carboxylic acids is 1. The van der Waals surface area contributed by atoms with E-state index in [2.05, 4.69) is 43.3 Å². The number of rotatable bonds is 18. The maximum Gasteiger partial charge on any atom is 0.315 e. The van der Waals surface area contributed by atoms with Gasteiger partial charge in [0.25, 0.3) is 0 Å². The van der Waals surface area contributed by atoms with Gasteiger partial charge in [0, 0.05) is 16.8 Å². The molecule has 0 aromatic heterocycles. The van der Waals surface area contributed by atoms with E-state index >= 15 is 0 Å². The minimum atomic E-state index is -0.0763.